The number of benzene rings is 1. The molecule has 0 spiro atoms. The van der Waals surface area contributed by atoms with Gasteiger partial charge in [-0.1, -0.05) is 29.8 Å². The van der Waals surface area contributed by atoms with Crippen LogP contribution in [0.3, 0.4) is 0 Å². The van der Waals surface area contributed by atoms with Crippen LogP contribution in [0.4, 0.5) is 0 Å². The van der Waals surface area contributed by atoms with Crippen molar-refractivity contribution >= 4 is 43.9 Å². The van der Waals surface area contributed by atoms with E-state index in [0.717, 1.165) is 29.8 Å². The summed E-state index contributed by atoms with van der Waals surface area (Å²) in [6, 6.07) is 13.3. The molecule has 0 amide bonds. The van der Waals surface area contributed by atoms with Crippen molar-refractivity contribution in [2.75, 3.05) is 6.54 Å². The average molecular weight is 355 g/mol. The summed E-state index contributed by atoms with van der Waals surface area (Å²) in [5, 5.41) is 1.19. The molecule has 3 rings (SSSR count). The zero-order chi connectivity index (χ0) is 15.6. The Kier molecular flexibility index (Phi) is 4.54. The third kappa shape index (κ3) is 3.35. The van der Waals surface area contributed by atoms with Crippen molar-refractivity contribution in [3.63, 3.8) is 0 Å². The standard InChI is InChI=1S/C15H15ClN2O2S2/c16-14-6-7-15(21-14)22(19,20)17-9-3-10-18-11-8-12-4-1-2-5-13(12)18/h1-2,4-8,11,17H,3,9-10H2. The Balaban J connectivity index is 1.58. The van der Waals surface area contributed by atoms with Gasteiger partial charge in [-0.15, -0.1) is 11.3 Å². The van der Waals surface area contributed by atoms with Gasteiger partial charge in [0.15, 0.2) is 0 Å². The molecule has 0 aliphatic rings. The third-order valence-corrected chi connectivity index (χ3v) is 6.55. The van der Waals surface area contributed by atoms with Gasteiger partial charge < -0.3 is 4.57 Å². The molecule has 0 aliphatic heterocycles. The van der Waals surface area contributed by atoms with Crippen LogP contribution in [-0.4, -0.2) is 19.5 Å². The van der Waals surface area contributed by atoms with E-state index in [1.54, 1.807) is 6.07 Å². The second-order valence-corrected chi connectivity index (χ2v) is 8.59. The van der Waals surface area contributed by atoms with Gasteiger partial charge in [0.1, 0.15) is 4.21 Å². The number of fused-ring (bicyclic) bond motifs is 1. The maximum absolute atomic E-state index is 12.1. The first-order valence-corrected chi connectivity index (χ1v) is 9.53. The van der Waals surface area contributed by atoms with Gasteiger partial charge >= 0.3 is 0 Å². The minimum Gasteiger partial charge on any atom is -0.347 e. The van der Waals surface area contributed by atoms with Crippen molar-refractivity contribution < 1.29 is 8.42 Å². The van der Waals surface area contributed by atoms with Gasteiger partial charge in [0.2, 0.25) is 10.0 Å². The first-order chi connectivity index (χ1) is 10.6. The number of nitrogens with one attached hydrogen (secondary N) is 1. The first kappa shape index (κ1) is 15.6. The summed E-state index contributed by atoms with van der Waals surface area (Å²) in [5.41, 5.74) is 1.16. The number of rotatable bonds is 6. The summed E-state index contributed by atoms with van der Waals surface area (Å²) < 4.78 is 29.6. The van der Waals surface area contributed by atoms with E-state index in [0.29, 0.717) is 10.9 Å². The number of hydrogen-bond donors (Lipinski definition) is 1. The van der Waals surface area contributed by atoms with E-state index in [4.69, 9.17) is 11.6 Å². The van der Waals surface area contributed by atoms with E-state index in [2.05, 4.69) is 27.5 Å². The van der Waals surface area contributed by atoms with Crippen LogP contribution in [-0.2, 0) is 16.6 Å². The lowest BCUT2D eigenvalue weighted by Gasteiger charge is -2.07. The summed E-state index contributed by atoms with van der Waals surface area (Å²) in [6.07, 6.45) is 2.75. The second-order valence-electron chi connectivity index (χ2n) is 4.88. The number of halogens is 1. The SMILES string of the molecule is O=S(=O)(NCCCn1ccc2ccccc21)c1ccc(Cl)s1. The normalized spacial score (nSPS) is 12.0. The number of aromatic nitrogens is 1. The molecule has 0 aliphatic carbocycles. The molecular weight excluding hydrogens is 340 g/mol. The minimum absolute atomic E-state index is 0.254. The van der Waals surface area contributed by atoms with Gasteiger partial charge in [-0.3, -0.25) is 0 Å². The smallest absolute Gasteiger partial charge is 0.250 e. The molecule has 7 heteroatoms. The molecule has 0 saturated heterocycles. The number of aryl methyl sites for hydroxylation is 1. The fourth-order valence-corrected chi connectivity index (χ4v) is 4.91. The lowest BCUT2D eigenvalue weighted by atomic mass is 10.2. The first-order valence-electron chi connectivity index (χ1n) is 6.85. The van der Waals surface area contributed by atoms with Crippen LogP contribution in [0, 0.1) is 0 Å². The number of thiophene rings is 1. The molecule has 1 N–H and O–H groups in total. The highest BCUT2D eigenvalue weighted by Gasteiger charge is 2.15. The second kappa shape index (κ2) is 6.42. The molecule has 2 heterocycles. The van der Waals surface area contributed by atoms with E-state index in [-0.39, 0.29) is 4.21 Å². The van der Waals surface area contributed by atoms with Crippen LogP contribution in [0.15, 0.2) is 52.9 Å². The van der Waals surface area contributed by atoms with Crippen LogP contribution in [0.1, 0.15) is 6.42 Å². The van der Waals surface area contributed by atoms with Crippen molar-refractivity contribution in [1.82, 2.24) is 9.29 Å². The summed E-state index contributed by atoms with van der Waals surface area (Å²) in [7, 11) is -3.45. The lowest BCUT2D eigenvalue weighted by Crippen LogP contribution is -2.24. The molecule has 22 heavy (non-hydrogen) atoms. The zero-order valence-electron chi connectivity index (χ0n) is 11.7. The quantitative estimate of drug-likeness (QED) is 0.686. The largest absolute Gasteiger partial charge is 0.347 e. The fraction of sp³-hybridized carbons (Fsp3) is 0.200. The van der Waals surface area contributed by atoms with Crippen LogP contribution in [0.25, 0.3) is 10.9 Å². The molecule has 0 bridgehead atoms. The molecule has 4 nitrogen and oxygen atoms in total. The van der Waals surface area contributed by atoms with Crippen LogP contribution >= 0.6 is 22.9 Å². The Morgan fingerprint density at radius 1 is 1.14 bits per heavy atom. The van der Waals surface area contributed by atoms with Crippen LogP contribution in [0.2, 0.25) is 4.34 Å². The van der Waals surface area contributed by atoms with Crippen molar-refractivity contribution in [2.45, 2.75) is 17.2 Å². The maximum atomic E-state index is 12.1. The van der Waals surface area contributed by atoms with E-state index < -0.39 is 10.0 Å². The molecule has 116 valence electrons. The summed E-state index contributed by atoms with van der Waals surface area (Å²) in [4.78, 5) is 0. The maximum Gasteiger partial charge on any atom is 0.250 e. The zero-order valence-corrected chi connectivity index (χ0v) is 14.1. The van der Waals surface area contributed by atoms with Crippen molar-refractivity contribution in [1.29, 1.82) is 0 Å². The number of hydrogen-bond acceptors (Lipinski definition) is 3. The Bertz CT molecular complexity index is 884. The fourth-order valence-electron chi connectivity index (χ4n) is 2.30. The lowest BCUT2D eigenvalue weighted by molar-refractivity contribution is 0.574. The van der Waals surface area contributed by atoms with Gasteiger partial charge in [0.05, 0.1) is 4.34 Å². The molecular formula is C15H15ClN2O2S2. The van der Waals surface area contributed by atoms with Crippen LogP contribution < -0.4 is 4.72 Å². The number of para-hydroxylation sites is 1. The van der Waals surface area contributed by atoms with Crippen molar-refractivity contribution in [2.24, 2.45) is 0 Å². The van der Waals surface area contributed by atoms with Crippen molar-refractivity contribution in [3.8, 4) is 0 Å². The average Bonchev–Trinajstić information content (AvgIpc) is 3.11. The highest BCUT2D eigenvalue weighted by Crippen LogP contribution is 2.25. The molecule has 1 aromatic carbocycles. The van der Waals surface area contributed by atoms with Crippen molar-refractivity contribution in [3.05, 3.63) is 53.0 Å². The monoisotopic (exact) mass is 354 g/mol. The molecule has 0 unspecified atom stereocenters. The summed E-state index contributed by atoms with van der Waals surface area (Å²) >= 11 is 6.84. The highest BCUT2D eigenvalue weighted by atomic mass is 35.5. The molecule has 0 radical (unpaired) electrons. The molecule has 0 saturated carbocycles. The van der Waals surface area contributed by atoms with Gasteiger partial charge in [-0.25, -0.2) is 13.1 Å². The predicted octanol–water partition coefficient (Wildman–Crippen LogP) is 3.72. The Labute approximate surface area is 138 Å². The molecule has 0 fully saturated rings. The highest BCUT2D eigenvalue weighted by molar-refractivity contribution is 7.91. The van der Waals surface area contributed by atoms with Gasteiger partial charge in [0, 0.05) is 24.8 Å². The molecule has 3 aromatic rings. The van der Waals surface area contributed by atoms with E-state index in [1.807, 2.05) is 18.3 Å². The third-order valence-electron chi connectivity index (χ3n) is 3.36. The minimum atomic E-state index is -3.45. The van der Waals surface area contributed by atoms with Crippen LogP contribution in [0.5, 0.6) is 0 Å². The predicted molar refractivity (Wildman–Crippen MR) is 91.1 cm³/mol. The Morgan fingerprint density at radius 3 is 2.73 bits per heavy atom. The van der Waals surface area contributed by atoms with E-state index >= 15 is 0 Å². The molecule has 2 aromatic heterocycles. The Hall–Kier alpha value is -1.34. The summed E-state index contributed by atoms with van der Waals surface area (Å²) in [5.74, 6) is 0. The number of sulfonamides is 1. The van der Waals surface area contributed by atoms with E-state index in [1.165, 1.54) is 11.5 Å². The summed E-state index contributed by atoms with van der Waals surface area (Å²) in [6.45, 7) is 1.16. The van der Waals surface area contributed by atoms with Gasteiger partial charge in [-0.05, 0) is 36.1 Å². The van der Waals surface area contributed by atoms with Gasteiger partial charge in [-0.2, -0.15) is 0 Å². The topological polar surface area (TPSA) is 51.1 Å². The Morgan fingerprint density at radius 2 is 1.95 bits per heavy atom. The van der Waals surface area contributed by atoms with E-state index in [9.17, 15) is 8.42 Å². The number of nitrogens with zero attached hydrogens (tertiary/aromatic N) is 1. The van der Waals surface area contributed by atoms with Gasteiger partial charge in [0.25, 0.3) is 0 Å². The molecule has 0 atom stereocenters.